The van der Waals surface area contributed by atoms with Crippen molar-refractivity contribution in [2.24, 2.45) is 0 Å². The van der Waals surface area contributed by atoms with Gasteiger partial charge in [-0.1, -0.05) is 12.1 Å². The lowest BCUT2D eigenvalue weighted by Crippen LogP contribution is -2.14. The molecule has 0 bridgehead atoms. The molecule has 2 nitrogen and oxygen atoms in total. The van der Waals surface area contributed by atoms with E-state index >= 15 is 0 Å². The monoisotopic (exact) mass is 211 g/mol. The first-order valence-electron chi connectivity index (χ1n) is 4.66. The minimum atomic E-state index is -0.860. The van der Waals surface area contributed by atoms with Gasteiger partial charge in [-0.3, -0.25) is 4.21 Å². The van der Waals surface area contributed by atoms with Gasteiger partial charge in [-0.2, -0.15) is 0 Å². The van der Waals surface area contributed by atoms with Crippen LogP contribution in [0.25, 0.3) is 0 Å². The number of likely N-dealkylation sites (N-methyl/N-ethyl adjacent to an activating group) is 1. The summed E-state index contributed by atoms with van der Waals surface area (Å²) in [5, 5.41) is 0. The van der Waals surface area contributed by atoms with E-state index in [1.165, 1.54) is 5.56 Å². The quantitative estimate of drug-likeness (QED) is 0.753. The van der Waals surface area contributed by atoms with Crippen molar-refractivity contribution in [3.8, 4) is 0 Å². The summed E-state index contributed by atoms with van der Waals surface area (Å²) in [7, 11) is 3.27. The first-order chi connectivity index (χ1) is 6.59. The zero-order valence-electron chi connectivity index (χ0n) is 8.99. The highest BCUT2D eigenvalue weighted by Gasteiger charge is 1.98. The highest BCUT2D eigenvalue weighted by Crippen LogP contribution is 2.08. The van der Waals surface area contributed by atoms with Gasteiger partial charge in [0.05, 0.1) is 0 Å². The summed E-state index contributed by atoms with van der Waals surface area (Å²) in [5.74, 6) is 0. The second-order valence-electron chi connectivity index (χ2n) is 3.65. The second-order valence-corrected chi connectivity index (χ2v) is 5.03. The summed E-state index contributed by atoms with van der Waals surface area (Å²) >= 11 is 0. The second kappa shape index (κ2) is 5.27. The average molecular weight is 211 g/mol. The molecule has 0 fully saturated rings. The van der Waals surface area contributed by atoms with Crippen LogP contribution >= 0.6 is 0 Å². The van der Waals surface area contributed by atoms with Crippen molar-refractivity contribution in [2.45, 2.75) is 11.3 Å². The molecule has 0 N–H and O–H groups in total. The van der Waals surface area contributed by atoms with Gasteiger partial charge in [-0.15, -0.1) is 0 Å². The van der Waals surface area contributed by atoms with Crippen LogP contribution in [0.2, 0.25) is 0 Å². The molecule has 0 saturated carbocycles. The van der Waals surface area contributed by atoms with Crippen molar-refractivity contribution >= 4 is 10.8 Å². The van der Waals surface area contributed by atoms with Gasteiger partial charge in [0.1, 0.15) is 0 Å². The van der Waals surface area contributed by atoms with Gasteiger partial charge in [0.25, 0.3) is 0 Å². The van der Waals surface area contributed by atoms with Crippen molar-refractivity contribution < 1.29 is 4.21 Å². The minimum absolute atomic E-state index is 0.860. The van der Waals surface area contributed by atoms with Gasteiger partial charge in [-0.25, -0.2) is 0 Å². The summed E-state index contributed by atoms with van der Waals surface area (Å²) in [5.41, 5.74) is 1.30. The Morgan fingerprint density at radius 2 is 1.79 bits per heavy atom. The maximum atomic E-state index is 11.1. The highest BCUT2D eigenvalue weighted by molar-refractivity contribution is 7.84. The lowest BCUT2D eigenvalue weighted by atomic mass is 10.1. The predicted octanol–water partition coefficient (Wildman–Crippen LogP) is 1.53. The third kappa shape index (κ3) is 3.60. The van der Waals surface area contributed by atoms with Crippen molar-refractivity contribution in [1.29, 1.82) is 0 Å². The molecule has 0 radical (unpaired) electrons. The number of hydrogen-bond donors (Lipinski definition) is 0. The van der Waals surface area contributed by atoms with E-state index < -0.39 is 10.8 Å². The van der Waals surface area contributed by atoms with Crippen LogP contribution in [0.15, 0.2) is 29.2 Å². The highest BCUT2D eigenvalue weighted by atomic mass is 32.2. The van der Waals surface area contributed by atoms with Gasteiger partial charge < -0.3 is 4.90 Å². The fourth-order valence-electron chi connectivity index (χ4n) is 1.20. The molecule has 1 aromatic rings. The van der Waals surface area contributed by atoms with Crippen molar-refractivity contribution in [1.82, 2.24) is 4.90 Å². The molecule has 0 saturated heterocycles. The topological polar surface area (TPSA) is 20.3 Å². The lowest BCUT2D eigenvalue weighted by molar-refractivity contribution is 0.413. The van der Waals surface area contributed by atoms with Gasteiger partial charge in [0.2, 0.25) is 0 Å². The number of benzene rings is 1. The Morgan fingerprint density at radius 1 is 1.21 bits per heavy atom. The van der Waals surface area contributed by atoms with E-state index in [0.29, 0.717) is 0 Å². The van der Waals surface area contributed by atoms with Crippen LogP contribution in [0.5, 0.6) is 0 Å². The fraction of sp³-hybridized carbons (Fsp3) is 0.455. The largest absolute Gasteiger partial charge is 0.309 e. The summed E-state index contributed by atoms with van der Waals surface area (Å²) in [6, 6.07) is 8.00. The standard InChI is InChI=1S/C11H17NOS/c1-12(2)9-8-10-4-6-11(7-5-10)14(3)13/h4-7H,8-9H2,1-3H3. The molecule has 3 heteroatoms. The normalized spacial score (nSPS) is 13.1. The number of nitrogens with zero attached hydrogens (tertiary/aromatic N) is 1. The summed E-state index contributed by atoms with van der Waals surface area (Å²) in [6.45, 7) is 1.05. The number of hydrogen-bond acceptors (Lipinski definition) is 2. The molecule has 1 unspecified atom stereocenters. The number of rotatable bonds is 4. The van der Waals surface area contributed by atoms with E-state index in [0.717, 1.165) is 17.9 Å². The smallest absolute Gasteiger partial charge is 0.0498 e. The predicted molar refractivity (Wildman–Crippen MR) is 61.0 cm³/mol. The maximum absolute atomic E-state index is 11.1. The molecule has 1 aromatic carbocycles. The molecule has 0 aliphatic heterocycles. The van der Waals surface area contributed by atoms with Gasteiger partial charge in [0, 0.05) is 28.5 Å². The Hall–Kier alpha value is -0.670. The summed E-state index contributed by atoms with van der Waals surface area (Å²) in [6.07, 6.45) is 2.75. The summed E-state index contributed by atoms with van der Waals surface area (Å²) in [4.78, 5) is 3.06. The molecule has 0 amide bonds. The fourth-order valence-corrected chi connectivity index (χ4v) is 1.72. The van der Waals surface area contributed by atoms with Gasteiger partial charge >= 0.3 is 0 Å². The zero-order chi connectivity index (χ0) is 10.6. The average Bonchev–Trinajstić information content (AvgIpc) is 2.15. The molecule has 0 heterocycles. The van der Waals surface area contributed by atoms with Crippen molar-refractivity contribution in [2.75, 3.05) is 26.9 Å². The molecular formula is C11H17NOS. The lowest BCUT2D eigenvalue weighted by Gasteiger charge is -2.09. The molecule has 78 valence electrons. The first kappa shape index (κ1) is 11.4. The third-order valence-electron chi connectivity index (χ3n) is 2.10. The Balaban J connectivity index is 2.60. The Kier molecular flexibility index (Phi) is 4.29. The third-order valence-corrected chi connectivity index (χ3v) is 3.04. The SMILES string of the molecule is CN(C)CCc1ccc(S(C)=O)cc1. The first-order valence-corrected chi connectivity index (χ1v) is 6.22. The van der Waals surface area contributed by atoms with E-state index in [2.05, 4.69) is 31.1 Å². The van der Waals surface area contributed by atoms with E-state index in [1.807, 2.05) is 12.1 Å². The molecule has 0 aliphatic rings. The molecule has 1 rings (SSSR count). The maximum Gasteiger partial charge on any atom is 0.0498 e. The molecule has 14 heavy (non-hydrogen) atoms. The van der Waals surface area contributed by atoms with Crippen LogP contribution in [-0.4, -0.2) is 36.0 Å². The van der Waals surface area contributed by atoms with E-state index in [-0.39, 0.29) is 0 Å². The zero-order valence-corrected chi connectivity index (χ0v) is 9.80. The Bertz CT molecular complexity index is 306. The van der Waals surface area contributed by atoms with Crippen LogP contribution in [-0.2, 0) is 17.2 Å². The van der Waals surface area contributed by atoms with Crippen LogP contribution in [0.1, 0.15) is 5.56 Å². The van der Waals surface area contributed by atoms with Crippen LogP contribution in [0.4, 0.5) is 0 Å². The molecule has 0 aromatic heterocycles. The molecule has 1 atom stereocenters. The molecular weight excluding hydrogens is 194 g/mol. The van der Waals surface area contributed by atoms with Crippen LogP contribution in [0, 0.1) is 0 Å². The van der Waals surface area contributed by atoms with Crippen molar-refractivity contribution in [3.05, 3.63) is 29.8 Å². The van der Waals surface area contributed by atoms with Crippen LogP contribution in [0.3, 0.4) is 0 Å². The Morgan fingerprint density at radius 3 is 2.21 bits per heavy atom. The van der Waals surface area contributed by atoms with E-state index in [9.17, 15) is 4.21 Å². The van der Waals surface area contributed by atoms with E-state index in [1.54, 1.807) is 6.26 Å². The van der Waals surface area contributed by atoms with Crippen molar-refractivity contribution in [3.63, 3.8) is 0 Å². The molecule has 0 spiro atoms. The van der Waals surface area contributed by atoms with Crippen LogP contribution < -0.4 is 0 Å². The van der Waals surface area contributed by atoms with Gasteiger partial charge in [-0.05, 0) is 38.2 Å². The Labute approximate surface area is 88.4 Å². The van der Waals surface area contributed by atoms with E-state index in [4.69, 9.17) is 0 Å². The molecule has 0 aliphatic carbocycles. The van der Waals surface area contributed by atoms with Gasteiger partial charge in [0.15, 0.2) is 0 Å². The summed E-state index contributed by atoms with van der Waals surface area (Å²) < 4.78 is 11.1. The minimum Gasteiger partial charge on any atom is -0.309 e.